The van der Waals surface area contributed by atoms with Gasteiger partial charge in [0.25, 0.3) is 0 Å². The van der Waals surface area contributed by atoms with E-state index < -0.39 is 0 Å². The second-order valence-electron chi connectivity index (χ2n) is 2.03. The second kappa shape index (κ2) is 3.21. The quantitative estimate of drug-likeness (QED) is 0.551. The molecule has 0 aliphatic heterocycles. The first-order valence-electron chi connectivity index (χ1n) is 3.11. The van der Waals surface area contributed by atoms with Gasteiger partial charge in [-0.25, -0.2) is 0 Å². The van der Waals surface area contributed by atoms with E-state index in [0.717, 1.165) is 5.75 Å². The summed E-state index contributed by atoms with van der Waals surface area (Å²) in [6, 6.07) is 9.45. The average Bonchev–Trinajstić information content (AvgIpc) is 1.88. The third-order valence-electron chi connectivity index (χ3n) is 1.02. The Morgan fingerprint density at radius 2 is 1.90 bits per heavy atom. The fourth-order valence-electron chi connectivity index (χ4n) is 0.674. The molecule has 1 nitrogen and oxygen atoms in total. The summed E-state index contributed by atoms with van der Waals surface area (Å²) in [7, 11) is 5.32. The molecule has 0 saturated carbocycles. The number of benzene rings is 1. The molecular weight excluding hydrogens is 123 g/mol. The van der Waals surface area contributed by atoms with E-state index in [1.165, 1.54) is 0 Å². The fourth-order valence-corrected chi connectivity index (χ4v) is 0.674. The molecule has 1 rings (SSSR count). The van der Waals surface area contributed by atoms with E-state index in [0.29, 0.717) is 5.65 Å². The van der Waals surface area contributed by atoms with Crippen molar-refractivity contribution < 1.29 is 4.74 Å². The molecule has 0 aliphatic carbocycles. The van der Waals surface area contributed by atoms with Crippen LogP contribution < -0.4 is 4.74 Å². The van der Waals surface area contributed by atoms with Crippen molar-refractivity contribution >= 4 is 13.1 Å². The summed E-state index contributed by atoms with van der Waals surface area (Å²) in [6.45, 7) is 1.72. The zero-order valence-electron chi connectivity index (χ0n) is 5.87. The van der Waals surface area contributed by atoms with Gasteiger partial charge in [-0.1, -0.05) is 0 Å². The third-order valence-corrected chi connectivity index (χ3v) is 1.02. The predicted molar refractivity (Wildman–Crippen MR) is 43.5 cm³/mol. The van der Waals surface area contributed by atoms with Gasteiger partial charge >= 0.3 is 60.9 Å². The standard InChI is InChI=1S/C8H8BO/c1-7(9)10-8-5-3-2-4-6-8/h2-6H,1H3. The molecule has 1 radical (unpaired) electrons. The van der Waals surface area contributed by atoms with Gasteiger partial charge in [0.05, 0.1) is 0 Å². The normalized spacial score (nSPS) is 8.80. The van der Waals surface area contributed by atoms with Crippen molar-refractivity contribution in [2.75, 3.05) is 0 Å². The molecule has 49 valence electrons. The summed E-state index contributed by atoms with van der Waals surface area (Å²) < 4.78 is 5.11. The van der Waals surface area contributed by atoms with Crippen molar-refractivity contribution in [1.29, 1.82) is 0 Å². The molecule has 2 heteroatoms. The number of rotatable bonds is 2. The van der Waals surface area contributed by atoms with E-state index in [-0.39, 0.29) is 0 Å². The van der Waals surface area contributed by atoms with Gasteiger partial charge in [-0.2, -0.15) is 0 Å². The Morgan fingerprint density at radius 3 is 2.40 bits per heavy atom. The average molecular weight is 131 g/mol. The Morgan fingerprint density at radius 1 is 1.30 bits per heavy atom. The predicted octanol–water partition coefficient (Wildman–Crippen LogP) is 1.38. The molecular formula is C8H8BO. The van der Waals surface area contributed by atoms with Crippen LogP contribution >= 0.6 is 0 Å². The molecule has 0 heterocycles. The molecule has 0 fully saturated rings. The van der Waals surface area contributed by atoms with Crippen LogP contribution in [0.3, 0.4) is 0 Å². The first kappa shape index (κ1) is 7.07. The molecule has 0 unspecified atom stereocenters. The topological polar surface area (TPSA) is 9.23 Å². The SMILES string of the molecule is [B]=C(C)Oc1ccccc1. The van der Waals surface area contributed by atoms with Crippen LogP contribution in [0.2, 0.25) is 0 Å². The molecule has 10 heavy (non-hydrogen) atoms. The van der Waals surface area contributed by atoms with Gasteiger partial charge in [0, 0.05) is 0 Å². The van der Waals surface area contributed by atoms with Crippen molar-refractivity contribution in [3.05, 3.63) is 30.3 Å². The van der Waals surface area contributed by atoms with Crippen LogP contribution in [0.15, 0.2) is 30.3 Å². The maximum atomic E-state index is 5.32. The molecule has 0 saturated heterocycles. The summed E-state index contributed by atoms with van der Waals surface area (Å²) >= 11 is 0. The Kier molecular flexibility index (Phi) is 2.27. The van der Waals surface area contributed by atoms with Crippen molar-refractivity contribution in [2.24, 2.45) is 0 Å². The van der Waals surface area contributed by atoms with Crippen molar-refractivity contribution in [3.8, 4) is 5.75 Å². The van der Waals surface area contributed by atoms with E-state index in [9.17, 15) is 0 Å². The van der Waals surface area contributed by atoms with Crippen LogP contribution in [-0.2, 0) is 0 Å². The Hall–Kier alpha value is -1.05. The van der Waals surface area contributed by atoms with Crippen LogP contribution in [0, 0.1) is 0 Å². The summed E-state index contributed by atoms with van der Waals surface area (Å²) in [5, 5.41) is 0. The van der Waals surface area contributed by atoms with Crippen LogP contribution in [-0.4, -0.2) is 13.1 Å². The second-order valence-corrected chi connectivity index (χ2v) is 2.03. The summed E-state index contributed by atoms with van der Waals surface area (Å²) in [5.41, 5.74) is 0.464. The van der Waals surface area contributed by atoms with Gasteiger partial charge in [-0.05, 0) is 0 Å². The number of ether oxygens (including phenoxy) is 1. The zero-order chi connectivity index (χ0) is 7.40. The van der Waals surface area contributed by atoms with Gasteiger partial charge in [0.15, 0.2) is 0 Å². The Bertz CT molecular complexity index is 218. The molecule has 0 aliphatic rings. The molecule has 0 aromatic heterocycles. The van der Waals surface area contributed by atoms with Gasteiger partial charge in [0.2, 0.25) is 0 Å². The Balaban J connectivity index is 2.67. The first-order valence-corrected chi connectivity index (χ1v) is 3.11. The molecule has 0 N–H and O–H groups in total. The molecule has 0 amide bonds. The summed E-state index contributed by atoms with van der Waals surface area (Å²) in [5.74, 6) is 0.780. The van der Waals surface area contributed by atoms with Crippen molar-refractivity contribution in [1.82, 2.24) is 0 Å². The van der Waals surface area contributed by atoms with Gasteiger partial charge in [0.1, 0.15) is 0 Å². The molecule has 0 atom stereocenters. The van der Waals surface area contributed by atoms with Gasteiger partial charge in [-0.3, -0.25) is 0 Å². The molecule has 0 spiro atoms. The van der Waals surface area contributed by atoms with E-state index in [4.69, 9.17) is 12.2 Å². The van der Waals surface area contributed by atoms with Gasteiger partial charge in [-0.15, -0.1) is 0 Å². The first-order chi connectivity index (χ1) is 4.79. The van der Waals surface area contributed by atoms with Crippen LogP contribution in [0.1, 0.15) is 6.92 Å². The Labute approximate surface area is 61.7 Å². The number of hydrogen-bond acceptors (Lipinski definition) is 1. The van der Waals surface area contributed by atoms with Crippen molar-refractivity contribution in [2.45, 2.75) is 6.92 Å². The molecule has 1 aromatic carbocycles. The van der Waals surface area contributed by atoms with E-state index in [1.807, 2.05) is 30.3 Å². The molecule has 0 bridgehead atoms. The fraction of sp³-hybridized carbons (Fsp3) is 0.125. The minimum absolute atomic E-state index is 0.464. The minimum atomic E-state index is 0.464. The molecule has 1 aromatic rings. The van der Waals surface area contributed by atoms with E-state index in [2.05, 4.69) is 0 Å². The monoisotopic (exact) mass is 131 g/mol. The maximum absolute atomic E-state index is 5.32. The van der Waals surface area contributed by atoms with Crippen LogP contribution in [0.25, 0.3) is 0 Å². The number of para-hydroxylation sites is 1. The number of hydrogen-bond donors (Lipinski definition) is 0. The van der Waals surface area contributed by atoms with Crippen LogP contribution in [0.5, 0.6) is 5.75 Å². The zero-order valence-corrected chi connectivity index (χ0v) is 5.87. The summed E-state index contributed by atoms with van der Waals surface area (Å²) in [6.07, 6.45) is 0. The van der Waals surface area contributed by atoms with E-state index >= 15 is 0 Å². The summed E-state index contributed by atoms with van der Waals surface area (Å²) in [4.78, 5) is 0. The van der Waals surface area contributed by atoms with Gasteiger partial charge < -0.3 is 0 Å². The van der Waals surface area contributed by atoms with Crippen molar-refractivity contribution in [3.63, 3.8) is 0 Å². The third kappa shape index (κ3) is 2.06. The van der Waals surface area contributed by atoms with E-state index in [1.54, 1.807) is 6.92 Å². The van der Waals surface area contributed by atoms with Crippen LogP contribution in [0.4, 0.5) is 0 Å².